The number of hydrogen-bond donors (Lipinski definition) is 1. The molecule has 0 aromatic heterocycles. The van der Waals surface area contributed by atoms with Gasteiger partial charge < -0.3 is 5.21 Å². The molecular weight excluding hydrogens is 118 g/mol. The van der Waals surface area contributed by atoms with Gasteiger partial charge in [0.2, 0.25) is 0 Å². The van der Waals surface area contributed by atoms with E-state index in [1.165, 1.54) is 6.92 Å². The third-order valence-electron chi connectivity index (χ3n) is 1.03. The first kappa shape index (κ1) is 8.14. The third kappa shape index (κ3) is 2.26. The molecule has 0 aliphatic heterocycles. The molecule has 0 fully saturated rings. The molecule has 3 nitrogen and oxygen atoms in total. The van der Waals surface area contributed by atoms with Gasteiger partial charge in [-0.2, -0.15) is 0 Å². The Kier molecular flexibility index (Phi) is 2.91. The summed E-state index contributed by atoms with van der Waals surface area (Å²) in [4.78, 5) is 10.8. The highest BCUT2D eigenvalue weighted by molar-refractivity contribution is 6.39. The van der Waals surface area contributed by atoms with E-state index in [-0.39, 0.29) is 17.4 Å². The van der Waals surface area contributed by atoms with Gasteiger partial charge in [-0.15, -0.1) is 0 Å². The Labute approximate surface area is 54.4 Å². The number of nitrogens with zero attached hydrogens (tertiary/aromatic N) is 1. The van der Waals surface area contributed by atoms with Gasteiger partial charge in [0.05, 0.1) is 0 Å². The second-order valence-corrected chi connectivity index (χ2v) is 2.20. The van der Waals surface area contributed by atoms with Crippen molar-refractivity contribution in [2.75, 3.05) is 0 Å². The summed E-state index contributed by atoms with van der Waals surface area (Å²) in [6, 6.07) is 0. The SMILES string of the molecule is C/C(=N\O)C(=O)C(C)C. The fourth-order valence-electron chi connectivity index (χ4n) is 0.467. The van der Waals surface area contributed by atoms with Crippen molar-refractivity contribution in [1.29, 1.82) is 0 Å². The molecule has 0 aromatic rings. The van der Waals surface area contributed by atoms with Crippen LogP contribution in [-0.4, -0.2) is 16.7 Å². The zero-order valence-corrected chi connectivity index (χ0v) is 5.88. The molecular formula is C6H11NO2. The Morgan fingerprint density at radius 2 is 2.00 bits per heavy atom. The number of rotatable bonds is 2. The summed E-state index contributed by atoms with van der Waals surface area (Å²) in [5.41, 5.74) is 0.171. The lowest BCUT2D eigenvalue weighted by Gasteiger charge is -1.98. The lowest BCUT2D eigenvalue weighted by Crippen LogP contribution is -2.16. The molecule has 0 atom stereocenters. The second kappa shape index (κ2) is 3.22. The van der Waals surface area contributed by atoms with Gasteiger partial charge in [-0.05, 0) is 6.92 Å². The van der Waals surface area contributed by atoms with Gasteiger partial charge in [0, 0.05) is 5.92 Å². The highest BCUT2D eigenvalue weighted by Gasteiger charge is 2.09. The van der Waals surface area contributed by atoms with E-state index >= 15 is 0 Å². The molecule has 0 radical (unpaired) electrons. The van der Waals surface area contributed by atoms with E-state index in [1.807, 2.05) is 0 Å². The normalized spacial score (nSPS) is 12.2. The molecule has 0 saturated heterocycles. The van der Waals surface area contributed by atoms with Crippen LogP contribution in [0.5, 0.6) is 0 Å². The average Bonchev–Trinajstić information content (AvgIpc) is 1.84. The zero-order chi connectivity index (χ0) is 7.44. The fourth-order valence-corrected chi connectivity index (χ4v) is 0.467. The summed E-state index contributed by atoms with van der Waals surface area (Å²) >= 11 is 0. The molecule has 0 aromatic carbocycles. The summed E-state index contributed by atoms with van der Waals surface area (Å²) in [5, 5.41) is 10.9. The monoisotopic (exact) mass is 129 g/mol. The number of carbonyl (C=O) groups excluding carboxylic acids is 1. The summed E-state index contributed by atoms with van der Waals surface area (Å²) < 4.78 is 0. The van der Waals surface area contributed by atoms with Crippen molar-refractivity contribution in [3.8, 4) is 0 Å². The van der Waals surface area contributed by atoms with Crippen molar-refractivity contribution < 1.29 is 10.0 Å². The van der Waals surface area contributed by atoms with Crippen molar-refractivity contribution in [3.63, 3.8) is 0 Å². The number of ketones is 1. The third-order valence-corrected chi connectivity index (χ3v) is 1.03. The molecule has 0 spiro atoms. The van der Waals surface area contributed by atoms with Crippen molar-refractivity contribution in [2.45, 2.75) is 20.8 Å². The van der Waals surface area contributed by atoms with Gasteiger partial charge in [-0.25, -0.2) is 0 Å². The van der Waals surface area contributed by atoms with Crippen molar-refractivity contribution in [3.05, 3.63) is 0 Å². The number of carbonyl (C=O) groups is 1. The number of Topliss-reactive ketones (excluding diaryl/α,β-unsaturated/α-hetero) is 1. The smallest absolute Gasteiger partial charge is 0.182 e. The summed E-state index contributed by atoms with van der Waals surface area (Å²) in [5.74, 6) is -0.196. The summed E-state index contributed by atoms with van der Waals surface area (Å²) in [7, 11) is 0. The Morgan fingerprint density at radius 1 is 1.56 bits per heavy atom. The first-order valence-electron chi connectivity index (χ1n) is 2.82. The van der Waals surface area contributed by atoms with Crippen LogP contribution in [0, 0.1) is 5.92 Å². The van der Waals surface area contributed by atoms with Gasteiger partial charge in [0.15, 0.2) is 5.78 Å². The molecule has 0 saturated carbocycles. The van der Waals surface area contributed by atoms with Crippen LogP contribution in [0.4, 0.5) is 0 Å². The molecule has 52 valence electrons. The molecule has 0 aliphatic carbocycles. The van der Waals surface area contributed by atoms with E-state index in [0.717, 1.165) is 0 Å². The lowest BCUT2D eigenvalue weighted by atomic mass is 10.1. The van der Waals surface area contributed by atoms with Crippen LogP contribution in [0.15, 0.2) is 5.16 Å². The minimum Gasteiger partial charge on any atom is -0.411 e. The first-order valence-corrected chi connectivity index (χ1v) is 2.82. The summed E-state index contributed by atoms with van der Waals surface area (Å²) in [6.45, 7) is 5.01. The van der Waals surface area contributed by atoms with Crippen LogP contribution in [0.1, 0.15) is 20.8 Å². The Morgan fingerprint density at radius 3 is 2.11 bits per heavy atom. The van der Waals surface area contributed by atoms with Gasteiger partial charge in [0.1, 0.15) is 5.71 Å². The maximum atomic E-state index is 10.8. The molecule has 0 amide bonds. The first-order chi connectivity index (χ1) is 4.09. The van der Waals surface area contributed by atoms with Crippen molar-refractivity contribution in [1.82, 2.24) is 0 Å². The Bertz CT molecular complexity index is 138. The molecule has 1 N–H and O–H groups in total. The second-order valence-electron chi connectivity index (χ2n) is 2.20. The minimum atomic E-state index is -0.113. The highest BCUT2D eigenvalue weighted by Crippen LogP contribution is 1.95. The van der Waals surface area contributed by atoms with E-state index in [0.29, 0.717) is 0 Å². The van der Waals surface area contributed by atoms with Gasteiger partial charge in [0.25, 0.3) is 0 Å². The quantitative estimate of drug-likeness (QED) is 0.344. The molecule has 0 bridgehead atoms. The predicted molar refractivity (Wildman–Crippen MR) is 34.7 cm³/mol. The van der Waals surface area contributed by atoms with E-state index in [4.69, 9.17) is 5.21 Å². The van der Waals surface area contributed by atoms with Gasteiger partial charge >= 0.3 is 0 Å². The largest absolute Gasteiger partial charge is 0.411 e. The van der Waals surface area contributed by atoms with E-state index < -0.39 is 0 Å². The topological polar surface area (TPSA) is 49.7 Å². The highest BCUT2D eigenvalue weighted by atomic mass is 16.4. The maximum absolute atomic E-state index is 10.8. The minimum absolute atomic E-state index is 0.0825. The lowest BCUT2D eigenvalue weighted by molar-refractivity contribution is -0.115. The van der Waals surface area contributed by atoms with Crippen molar-refractivity contribution in [2.24, 2.45) is 11.1 Å². The predicted octanol–water partition coefficient (Wildman–Crippen LogP) is 1.06. The van der Waals surface area contributed by atoms with E-state index in [9.17, 15) is 4.79 Å². The van der Waals surface area contributed by atoms with Crippen LogP contribution in [0.3, 0.4) is 0 Å². The van der Waals surface area contributed by atoms with Crippen LogP contribution in [-0.2, 0) is 4.79 Å². The molecule has 3 heteroatoms. The fraction of sp³-hybridized carbons (Fsp3) is 0.667. The average molecular weight is 129 g/mol. The van der Waals surface area contributed by atoms with Crippen LogP contribution >= 0.6 is 0 Å². The molecule has 9 heavy (non-hydrogen) atoms. The number of oxime groups is 1. The van der Waals surface area contributed by atoms with Crippen LogP contribution in [0.2, 0.25) is 0 Å². The molecule has 0 rings (SSSR count). The van der Waals surface area contributed by atoms with Gasteiger partial charge in [-0.1, -0.05) is 19.0 Å². The van der Waals surface area contributed by atoms with Crippen molar-refractivity contribution >= 4 is 11.5 Å². The maximum Gasteiger partial charge on any atom is 0.182 e. The molecule has 0 heterocycles. The zero-order valence-electron chi connectivity index (χ0n) is 5.88. The van der Waals surface area contributed by atoms with Crippen LogP contribution < -0.4 is 0 Å². The standard InChI is InChI=1S/C6H11NO2/c1-4(2)6(8)5(3)7-9/h4,9H,1-3H3/b7-5+. The number of hydrogen-bond acceptors (Lipinski definition) is 3. The Hall–Kier alpha value is -0.860. The van der Waals surface area contributed by atoms with E-state index in [1.54, 1.807) is 13.8 Å². The molecule has 0 aliphatic rings. The Balaban J connectivity index is 4.06. The summed E-state index contributed by atoms with van der Waals surface area (Å²) in [6.07, 6.45) is 0. The molecule has 0 unspecified atom stereocenters. The van der Waals surface area contributed by atoms with Gasteiger partial charge in [-0.3, -0.25) is 4.79 Å². The van der Waals surface area contributed by atoms with E-state index in [2.05, 4.69) is 5.16 Å². The van der Waals surface area contributed by atoms with Crippen LogP contribution in [0.25, 0.3) is 0 Å².